The topological polar surface area (TPSA) is 101 Å². The molecule has 2 aliphatic heterocycles. The molecule has 0 fully saturated rings. The highest BCUT2D eigenvalue weighted by Gasteiger charge is 2.53. The minimum absolute atomic E-state index is 0.0841. The van der Waals surface area contributed by atoms with Gasteiger partial charge >= 0.3 is 6.01 Å². The number of methoxy groups -OCH3 is 2. The number of hydrogen-bond donors (Lipinski definition) is 0. The van der Waals surface area contributed by atoms with Crippen molar-refractivity contribution in [2.75, 3.05) is 25.9 Å². The van der Waals surface area contributed by atoms with Crippen LogP contribution in [0.1, 0.15) is 48.6 Å². The van der Waals surface area contributed by atoms with Crippen LogP contribution in [-0.2, 0) is 5.54 Å². The molecule has 39 heavy (non-hydrogen) atoms. The molecule has 10 nitrogen and oxygen atoms in total. The van der Waals surface area contributed by atoms with Gasteiger partial charge in [0.25, 0.3) is 5.91 Å². The minimum Gasteiger partial charge on any atom is -0.480 e. The molecule has 0 bridgehead atoms. The highest BCUT2D eigenvalue weighted by molar-refractivity contribution is 6.30. The molecule has 2 aromatic carbocycles. The van der Waals surface area contributed by atoms with E-state index >= 15 is 0 Å². The Balaban J connectivity index is 1.62. The van der Waals surface area contributed by atoms with Crippen LogP contribution in [-0.4, -0.2) is 46.4 Å². The number of benzene rings is 2. The zero-order valence-electron chi connectivity index (χ0n) is 22.1. The molecule has 1 atom stereocenters. The molecule has 0 aliphatic carbocycles. The number of ether oxygens (including phenoxy) is 4. The maximum Gasteiger partial charge on any atom is 0.319 e. The normalized spacial score (nSPS) is 17.6. The second kappa shape index (κ2) is 9.16. The predicted molar refractivity (Wildman–Crippen MR) is 144 cm³/mol. The second-order valence-electron chi connectivity index (χ2n) is 9.63. The van der Waals surface area contributed by atoms with Crippen molar-refractivity contribution in [2.45, 2.75) is 32.4 Å². The Labute approximate surface area is 230 Å². The van der Waals surface area contributed by atoms with Crippen LogP contribution in [0.3, 0.4) is 0 Å². The third-order valence-electron chi connectivity index (χ3n) is 7.11. The van der Waals surface area contributed by atoms with Gasteiger partial charge in [0.1, 0.15) is 11.4 Å². The van der Waals surface area contributed by atoms with Crippen LogP contribution < -0.4 is 23.8 Å². The van der Waals surface area contributed by atoms with Crippen molar-refractivity contribution in [1.82, 2.24) is 19.5 Å². The van der Waals surface area contributed by atoms with Crippen molar-refractivity contribution in [3.8, 4) is 34.8 Å². The summed E-state index contributed by atoms with van der Waals surface area (Å²) in [4.78, 5) is 29.6. The summed E-state index contributed by atoms with van der Waals surface area (Å²) in [5, 5.41) is 0.597. The first-order chi connectivity index (χ1) is 18.8. The lowest BCUT2D eigenvalue weighted by Crippen LogP contribution is -2.44. The van der Waals surface area contributed by atoms with E-state index in [0.717, 1.165) is 11.3 Å². The number of amides is 1. The first-order valence-corrected chi connectivity index (χ1v) is 12.7. The minimum atomic E-state index is -0.958. The lowest BCUT2D eigenvalue weighted by molar-refractivity contribution is 0.0980. The average Bonchev–Trinajstić information content (AvgIpc) is 3.62. The SMILES string of the molecule is COc1ncc(-c2nc3c(n2C(C)C)[C@](C)(c2ccc(Cl)cc2)N(c2ccc4c(c2)OCO4)C3=O)c(OC)n1. The fourth-order valence-electron chi connectivity index (χ4n) is 5.35. The summed E-state index contributed by atoms with van der Waals surface area (Å²) in [6, 6.07) is 13.1. The van der Waals surface area contributed by atoms with E-state index in [0.29, 0.717) is 45.2 Å². The van der Waals surface area contributed by atoms with Crippen molar-refractivity contribution in [2.24, 2.45) is 0 Å². The number of fused-ring (bicyclic) bond motifs is 2. The number of carbonyl (C=O) groups is 1. The van der Waals surface area contributed by atoms with Crippen LogP contribution in [0.25, 0.3) is 11.4 Å². The monoisotopic (exact) mass is 547 g/mol. The summed E-state index contributed by atoms with van der Waals surface area (Å²) in [6.45, 7) is 6.23. The van der Waals surface area contributed by atoms with Gasteiger partial charge in [-0.1, -0.05) is 23.7 Å². The summed E-state index contributed by atoms with van der Waals surface area (Å²) in [7, 11) is 3.00. The number of rotatable bonds is 6. The largest absolute Gasteiger partial charge is 0.480 e. The van der Waals surface area contributed by atoms with Crippen LogP contribution in [0.2, 0.25) is 5.02 Å². The van der Waals surface area contributed by atoms with Crippen molar-refractivity contribution >= 4 is 23.2 Å². The third kappa shape index (κ3) is 3.69. The van der Waals surface area contributed by atoms with E-state index in [1.165, 1.54) is 14.2 Å². The zero-order valence-corrected chi connectivity index (χ0v) is 22.8. The molecule has 4 aromatic rings. The van der Waals surface area contributed by atoms with Crippen molar-refractivity contribution < 1.29 is 23.7 Å². The number of carbonyl (C=O) groups excluding carboxylic acids is 1. The fraction of sp³-hybridized carbons (Fsp3) is 0.286. The first kappa shape index (κ1) is 25.0. The molecule has 0 radical (unpaired) electrons. The Hall–Kier alpha value is -4.31. The molecule has 0 unspecified atom stereocenters. The van der Waals surface area contributed by atoms with E-state index in [2.05, 4.69) is 9.97 Å². The van der Waals surface area contributed by atoms with Gasteiger partial charge < -0.3 is 23.5 Å². The van der Waals surface area contributed by atoms with Gasteiger partial charge in [-0.2, -0.15) is 4.98 Å². The Morgan fingerprint density at radius 1 is 1.03 bits per heavy atom. The molecule has 0 spiro atoms. The first-order valence-electron chi connectivity index (χ1n) is 12.4. The van der Waals surface area contributed by atoms with Gasteiger partial charge in [-0.25, -0.2) is 9.97 Å². The van der Waals surface area contributed by atoms with Gasteiger partial charge in [0.15, 0.2) is 17.2 Å². The van der Waals surface area contributed by atoms with Gasteiger partial charge in [0, 0.05) is 29.0 Å². The molecule has 11 heteroatoms. The Kier molecular flexibility index (Phi) is 5.87. The Morgan fingerprint density at radius 3 is 2.46 bits per heavy atom. The maximum atomic E-state index is 14.3. The smallest absolute Gasteiger partial charge is 0.319 e. The second-order valence-corrected chi connectivity index (χ2v) is 10.1. The van der Waals surface area contributed by atoms with Crippen molar-refractivity contribution in [1.29, 1.82) is 0 Å². The molecular weight excluding hydrogens is 522 g/mol. The van der Waals surface area contributed by atoms with Crippen LogP contribution in [0.4, 0.5) is 5.69 Å². The average molecular weight is 548 g/mol. The predicted octanol–water partition coefficient (Wildman–Crippen LogP) is 5.24. The van der Waals surface area contributed by atoms with Crippen LogP contribution in [0, 0.1) is 0 Å². The highest BCUT2D eigenvalue weighted by Crippen LogP contribution is 2.50. The fourth-order valence-corrected chi connectivity index (χ4v) is 5.48. The maximum absolute atomic E-state index is 14.3. The molecule has 0 saturated heterocycles. The standard InChI is InChI=1S/C28H26ClN5O5/c1-15(2)33-23-22(31-24(33)19-13-30-27(37-5)32-25(19)36-4)26(35)34(18-10-11-20-21(12-18)39-14-38-20)28(23,3)16-6-8-17(29)9-7-16/h6-13,15H,14H2,1-5H3/t28-/m0/s1. The van der Waals surface area contributed by atoms with Gasteiger partial charge in [0.2, 0.25) is 12.7 Å². The van der Waals surface area contributed by atoms with E-state index in [9.17, 15) is 4.79 Å². The third-order valence-corrected chi connectivity index (χ3v) is 7.36. The summed E-state index contributed by atoms with van der Waals surface area (Å²) in [5.41, 5.74) is 2.16. The van der Waals surface area contributed by atoms with Gasteiger partial charge in [-0.15, -0.1) is 0 Å². The van der Waals surface area contributed by atoms with E-state index in [1.54, 1.807) is 11.1 Å². The molecule has 2 aliphatic rings. The van der Waals surface area contributed by atoms with E-state index in [-0.39, 0.29) is 24.8 Å². The molecule has 1 amide bonds. The molecule has 0 N–H and O–H groups in total. The summed E-state index contributed by atoms with van der Waals surface area (Å²) in [6.07, 6.45) is 1.60. The lowest BCUT2D eigenvalue weighted by atomic mass is 9.87. The number of halogens is 1. The Bertz CT molecular complexity index is 1600. The molecule has 2 aromatic heterocycles. The van der Waals surface area contributed by atoms with Crippen LogP contribution in [0.15, 0.2) is 48.7 Å². The summed E-state index contributed by atoms with van der Waals surface area (Å²) >= 11 is 6.27. The number of aromatic nitrogens is 4. The highest BCUT2D eigenvalue weighted by atomic mass is 35.5. The quantitative estimate of drug-likeness (QED) is 0.323. The number of anilines is 1. The number of hydrogen-bond acceptors (Lipinski definition) is 8. The van der Waals surface area contributed by atoms with E-state index in [1.807, 2.05) is 67.8 Å². The Morgan fingerprint density at radius 2 is 1.77 bits per heavy atom. The number of nitrogens with zero attached hydrogens (tertiary/aromatic N) is 5. The molecule has 0 saturated carbocycles. The van der Waals surface area contributed by atoms with E-state index in [4.69, 9.17) is 35.5 Å². The van der Waals surface area contributed by atoms with Crippen LogP contribution >= 0.6 is 11.6 Å². The van der Waals surface area contributed by atoms with Gasteiger partial charge in [0.05, 0.1) is 25.5 Å². The van der Waals surface area contributed by atoms with Gasteiger partial charge in [-0.3, -0.25) is 9.69 Å². The van der Waals surface area contributed by atoms with Crippen LogP contribution in [0.5, 0.6) is 23.4 Å². The summed E-state index contributed by atoms with van der Waals surface area (Å²) in [5.74, 6) is 1.77. The van der Waals surface area contributed by atoms with Crippen molar-refractivity contribution in [3.63, 3.8) is 0 Å². The molecular formula is C28H26ClN5O5. The molecule has 6 rings (SSSR count). The van der Waals surface area contributed by atoms with Crippen molar-refractivity contribution in [3.05, 3.63) is 70.6 Å². The van der Waals surface area contributed by atoms with Gasteiger partial charge in [-0.05, 0) is 50.6 Å². The zero-order chi connectivity index (χ0) is 27.5. The summed E-state index contributed by atoms with van der Waals surface area (Å²) < 4.78 is 23.9. The lowest BCUT2D eigenvalue weighted by Gasteiger charge is -2.38. The number of imidazole rings is 1. The van der Waals surface area contributed by atoms with E-state index < -0.39 is 5.54 Å². The molecule has 4 heterocycles. The molecule has 200 valence electrons.